The molecule has 1 aliphatic rings. The maximum atomic E-state index is 12.3. The van der Waals surface area contributed by atoms with E-state index in [9.17, 15) is 9.90 Å². The zero-order valence-corrected chi connectivity index (χ0v) is 23.6. The molecule has 39 heavy (non-hydrogen) atoms. The van der Waals surface area contributed by atoms with Crippen molar-refractivity contribution in [2.45, 2.75) is 51.7 Å². The molecule has 1 atom stereocenters. The van der Waals surface area contributed by atoms with E-state index in [1.165, 1.54) is 17.8 Å². The maximum absolute atomic E-state index is 12.3. The number of hydrogen-bond donors (Lipinski definition) is 3. The third kappa shape index (κ3) is 5.80. The molecule has 1 unspecified atom stereocenters. The van der Waals surface area contributed by atoms with Crippen molar-refractivity contribution in [3.05, 3.63) is 58.6 Å². The van der Waals surface area contributed by atoms with Crippen LogP contribution in [0.4, 0.5) is 17.3 Å². The van der Waals surface area contributed by atoms with Gasteiger partial charge in [-0.15, -0.1) is 11.3 Å². The van der Waals surface area contributed by atoms with Gasteiger partial charge in [0.05, 0.1) is 28.2 Å². The SMILES string of the molecule is CC(C)Oc1cc(N2CCCCC2CCO)ccc1Nc1ncc2sc(C(N)=O)c(-c3ccccc3Cl)c2n1. The van der Waals surface area contributed by atoms with Gasteiger partial charge in [0.25, 0.3) is 5.91 Å². The molecule has 10 heteroatoms. The zero-order chi connectivity index (χ0) is 27.5. The average Bonchev–Trinajstić information content (AvgIpc) is 3.29. The van der Waals surface area contributed by atoms with Gasteiger partial charge in [0.1, 0.15) is 10.6 Å². The highest BCUT2D eigenvalue weighted by molar-refractivity contribution is 7.21. The second-order valence-corrected chi connectivity index (χ2v) is 11.3. The minimum absolute atomic E-state index is 0.0411. The number of amides is 1. The van der Waals surface area contributed by atoms with Gasteiger partial charge < -0.3 is 25.8 Å². The monoisotopic (exact) mass is 565 g/mol. The molecular weight excluding hydrogens is 534 g/mol. The van der Waals surface area contributed by atoms with Gasteiger partial charge in [-0.1, -0.05) is 29.8 Å². The van der Waals surface area contributed by atoms with Crippen LogP contribution in [0.2, 0.25) is 5.02 Å². The van der Waals surface area contributed by atoms with Gasteiger partial charge >= 0.3 is 0 Å². The van der Waals surface area contributed by atoms with Gasteiger partial charge in [-0.25, -0.2) is 9.97 Å². The minimum atomic E-state index is -0.539. The molecule has 204 valence electrons. The molecule has 0 aliphatic carbocycles. The highest BCUT2D eigenvalue weighted by Crippen LogP contribution is 2.41. The number of halogens is 1. The Morgan fingerprint density at radius 3 is 2.85 bits per heavy atom. The fourth-order valence-corrected chi connectivity index (χ4v) is 6.30. The normalized spacial score (nSPS) is 15.6. The first kappa shape index (κ1) is 27.2. The van der Waals surface area contributed by atoms with Crippen molar-refractivity contribution in [3.63, 3.8) is 0 Å². The molecule has 2 aromatic heterocycles. The van der Waals surface area contributed by atoms with Crippen LogP contribution in [0, 0.1) is 0 Å². The highest BCUT2D eigenvalue weighted by atomic mass is 35.5. The Hall–Kier alpha value is -3.40. The molecule has 1 amide bonds. The van der Waals surface area contributed by atoms with Crippen molar-refractivity contribution >= 4 is 56.4 Å². The predicted molar refractivity (Wildman–Crippen MR) is 159 cm³/mol. The number of aliphatic hydroxyl groups excluding tert-OH is 1. The zero-order valence-electron chi connectivity index (χ0n) is 22.0. The molecule has 2 aromatic carbocycles. The number of nitrogens with zero attached hydrogens (tertiary/aromatic N) is 3. The Balaban J connectivity index is 1.53. The van der Waals surface area contributed by atoms with E-state index in [0.717, 1.165) is 41.9 Å². The van der Waals surface area contributed by atoms with E-state index in [1.54, 1.807) is 12.3 Å². The number of piperidine rings is 1. The fourth-order valence-electron chi connectivity index (χ4n) is 5.10. The number of thiophene rings is 1. The smallest absolute Gasteiger partial charge is 0.259 e. The van der Waals surface area contributed by atoms with Crippen molar-refractivity contribution < 1.29 is 14.6 Å². The number of ether oxygens (including phenoxy) is 1. The lowest BCUT2D eigenvalue weighted by Crippen LogP contribution is -2.40. The second kappa shape index (κ2) is 11.8. The molecule has 1 saturated heterocycles. The third-order valence-corrected chi connectivity index (χ3v) is 8.25. The molecule has 1 aliphatic heterocycles. The lowest BCUT2D eigenvalue weighted by molar-refractivity contribution is 0.100. The van der Waals surface area contributed by atoms with E-state index in [0.29, 0.717) is 44.3 Å². The van der Waals surface area contributed by atoms with Gasteiger partial charge in [0, 0.05) is 47.1 Å². The van der Waals surface area contributed by atoms with Crippen LogP contribution in [-0.2, 0) is 0 Å². The van der Waals surface area contributed by atoms with E-state index in [2.05, 4.69) is 21.3 Å². The third-order valence-electron chi connectivity index (χ3n) is 6.79. The number of rotatable bonds is 9. The quantitative estimate of drug-likeness (QED) is 0.216. The van der Waals surface area contributed by atoms with E-state index in [1.807, 2.05) is 44.2 Å². The van der Waals surface area contributed by atoms with Crippen LogP contribution >= 0.6 is 22.9 Å². The molecule has 4 aromatic rings. The summed E-state index contributed by atoms with van der Waals surface area (Å²) in [5.74, 6) is 0.513. The predicted octanol–water partition coefficient (Wildman–Crippen LogP) is 6.38. The van der Waals surface area contributed by atoms with Crippen LogP contribution in [0.5, 0.6) is 5.75 Å². The van der Waals surface area contributed by atoms with Crippen LogP contribution in [0.25, 0.3) is 21.3 Å². The van der Waals surface area contributed by atoms with Gasteiger partial charge in [-0.05, 0) is 57.7 Å². The minimum Gasteiger partial charge on any atom is -0.489 e. The fraction of sp³-hybridized carbons (Fsp3) is 0.345. The van der Waals surface area contributed by atoms with Crippen molar-refractivity contribution in [2.24, 2.45) is 5.73 Å². The molecular formula is C29H32ClN5O3S. The summed E-state index contributed by atoms with van der Waals surface area (Å²) in [5, 5.41) is 13.4. The summed E-state index contributed by atoms with van der Waals surface area (Å²) in [6, 6.07) is 13.7. The summed E-state index contributed by atoms with van der Waals surface area (Å²) in [7, 11) is 0. The van der Waals surface area contributed by atoms with E-state index in [4.69, 9.17) is 27.1 Å². The topological polar surface area (TPSA) is 114 Å². The van der Waals surface area contributed by atoms with Gasteiger partial charge in [-0.3, -0.25) is 4.79 Å². The molecule has 0 spiro atoms. The molecule has 8 nitrogen and oxygen atoms in total. The summed E-state index contributed by atoms with van der Waals surface area (Å²) < 4.78 is 6.94. The van der Waals surface area contributed by atoms with Crippen LogP contribution in [0.1, 0.15) is 49.2 Å². The van der Waals surface area contributed by atoms with E-state index in [-0.39, 0.29) is 12.7 Å². The Morgan fingerprint density at radius 1 is 1.28 bits per heavy atom. The summed E-state index contributed by atoms with van der Waals surface area (Å²) in [4.78, 5) is 24.4. The standard InChI is InChI=1S/C29H32ClN5O3S/c1-17(2)38-23-15-19(35-13-6-5-7-18(35)12-14-36)10-11-22(23)33-29-32-16-24-26(34-29)25(27(39-24)28(31)37)20-8-3-4-9-21(20)30/h3-4,8-11,15-18,36H,5-7,12-14H2,1-2H3,(H2,31,37)(H,32,33,34). The number of aromatic nitrogens is 2. The number of anilines is 3. The lowest BCUT2D eigenvalue weighted by atomic mass is 9.98. The largest absolute Gasteiger partial charge is 0.489 e. The lowest BCUT2D eigenvalue weighted by Gasteiger charge is -2.37. The van der Waals surface area contributed by atoms with Gasteiger partial charge in [0.15, 0.2) is 0 Å². The first-order valence-electron chi connectivity index (χ1n) is 13.1. The molecule has 0 radical (unpaired) electrons. The molecule has 3 heterocycles. The summed E-state index contributed by atoms with van der Waals surface area (Å²) >= 11 is 7.75. The van der Waals surface area contributed by atoms with Crippen molar-refractivity contribution in [2.75, 3.05) is 23.4 Å². The molecule has 0 saturated carbocycles. The van der Waals surface area contributed by atoms with Crippen molar-refractivity contribution in [3.8, 4) is 16.9 Å². The van der Waals surface area contributed by atoms with Crippen LogP contribution in [0.3, 0.4) is 0 Å². The Morgan fingerprint density at radius 2 is 2.10 bits per heavy atom. The van der Waals surface area contributed by atoms with E-state index < -0.39 is 5.91 Å². The Bertz CT molecular complexity index is 1490. The molecule has 5 rings (SSSR count). The van der Waals surface area contributed by atoms with Gasteiger partial charge in [-0.2, -0.15) is 0 Å². The summed E-state index contributed by atoms with van der Waals surface area (Å²) in [6.07, 6.45) is 5.75. The second-order valence-electron chi connectivity index (χ2n) is 9.88. The number of nitrogens with two attached hydrogens (primary N) is 1. The maximum Gasteiger partial charge on any atom is 0.259 e. The number of fused-ring (bicyclic) bond motifs is 1. The number of hydrogen-bond acceptors (Lipinski definition) is 8. The van der Waals surface area contributed by atoms with E-state index >= 15 is 0 Å². The first-order valence-corrected chi connectivity index (χ1v) is 14.3. The highest BCUT2D eigenvalue weighted by Gasteiger charge is 2.24. The summed E-state index contributed by atoms with van der Waals surface area (Å²) in [5.41, 5.74) is 9.42. The van der Waals surface area contributed by atoms with Crippen molar-refractivity contribution in [1.29, 1.82) is 0 Å². The average molecular weight is 566 g/mol. The molecule has 4 N–H and O–H groups in total. The molecule has 0 bridgehead atoms. The number of nitrogens with one attached hydrogen (secondary N) is 1. The Labute approximate surface area is 236 Å². The Kier molecular flexibility index (Phi) is 8.20. The van der Waals surface area contributed by atoms with Crippen LogP contribution in [0.15, 0.2) is 48.7 Å². The number of benzene rings is 2. The van der Waals surface area contributed by atoms with Crippen LogP contribution < -0.4 is 20.7 Å². The number of carbonyl (C=O) groups excluding carboxylic acids is 1. The summed E-state index contributed by atoms with van der Waals surface area (Å²) in [6.45, 7) is 5.10. The number of primary amides is 1. The number of carbonyl (C=O) groups is 1. The van der Waals surface area contributed by atoms with Crippen LogP contribution in [-0.4, -0.2) is 46.3 Å². The number of aliphatic hydroxyl groups is 1. The van der Waals surface area contributed by atoms with Crippen molar-refractivity contribution in [1.82, 2.24) is 9.97 Å². The molecule has 1 fully saturated rings. The first-order chi connectivity index (χ1) is 18.9. The van der Waals surface area contributed by atoms with Gasteiger partial charge in [0.2, 0.25) is 5.95 Å².